The number of halogens is 1. The molecule has 0 atom stereocenters. The third kappa shape index (κ3) is 5.79. The van der Waals surface area contributed by atoms with Crippen molar-refractivity contribution in [3.63, 3.8) is 0 Å². The van der Waals surface area contributed by atoms with Crippen molar-refractivity contribution in [1.29, 1.82) is 0 Å². The molecule has 1 fully saturated rings. The van der Waals surface area contributed by atoms with Gasteiger partial charge in [-0.2, -0.15) is 4.98 Å². The van der Waals surface area contributed by atoms with Crippen LogP contribution in [0.4, 0.5) is 28.8 Å². The van der Waals surface area contributed by atoms with Crippen molar-refractivity contribution in [2.24, 2.45) is 0 Å². The lowest BCUT2D eigenvalue weighted by atomic mass is 10.2. The fourth-order valence-electron chi connectivity index (χ4n) is 4.40. The molecule has 1 saturated heterocycles. The Morgan fingerprint density at radius 3 is 2.78 bits per heavy atom. The Labute approximate surface area is 224 Å². The number of hydrogen-bond acceptors (Lipinski definition) is 9. The Hall–Kier alpha value is -3.41. The van der Waals surface area contributed by atoms with Crippen molar-refractivity contribution in [3.05, 3.63) is 45.7 Å². The maximum atomic E-state index is 13.2. The van der Waals surface area contributed by atoms with E-state index in [0.29, 0.717) is 58.5 Å². The fraction of sp³-hybridized carbons (Fsp3) is 0.360. The Balaban J connectivity index is 1.36. The molecular weight excluding hydrogens is 514 g/mol. The van der Waals surface area contributed by atoms with Crippen LogP contribution in [0.3, 0.4) is 0 Å². The van der Waals surface area contributed by atoms with Crippen LogP contribution in [-0.2, 0) is 4.79 Å². The molecule has 2 amide bonds. The van der Waals surface area contributed by atoms with E-state index in [0.717, 1.165) is 38.0 Å². The zero-order valence-electron chi connectivity index (χ0n) is 20.4. The minimum absolute atomic E-state index is 0.0720. The fourth-order valence-corrected chi connectivity index (χ4v) is 5.33. The van der Waals surface area contributed by atoms with Gasteiger partial charge in [0.1, 0.15) is 15.6 Å². The molecule has 1 aromatic carbocycles. The minimum Gasteiger partial charge on any atom is -0.491 e. The van der Waals surface area contributed by atoms with Crippen molar-refractivity contribution < 1.29 is 14.3 Å². The van der Waals surface area contributed by atoms with E-state index in [-0.39, 0.29) is 11.8 Å². The average molecular weight is 542 g/mol. The van der Waals surface area contributed by atoms with Gasteiger partial charge >= 0.3 is 0 Å². The number of rotatable bonds is 7. The summed E-state index contributed by atoms with van der Waals surface area (Å²) in [6.07, 6.45) is 4.53. The summed E-state index contributed by atoms with van der Waals surface area (Å²) in [4.78, 5) is 38.7. The molecule has 5 rings (SSSR count). The summed E-state index contributed by atoms with van der Waals surface area (Å²) in [5.41, 5.74) is 2.04. The lowest BCUT2D eigenvalue weighted by Gasteiger charge is -2.25. The molecule has 3 aromatic rings. The number of benzene rings is 1. The number of likely N-dealkylation sites (tertiary alicyclic amines) is 1. The first-order chi connectivity index (χ1) is 18.0. The molecule has 2 aromatic heterocycles. The highest BCUT2D eigenvalue weighted by molar-refractivity contribution is 7.12. The summed E-state index contributed by atoms with van der Waals surface area (Å²) in [7, 11) is 1.58. The number of anilines is 5. The highest BCUT2D eigenvalue weighted by atomic mass is 35.5. The largest absolute Gasteiger partial charge is 0.491 e. The number of amides is 2. The molecule has 0 bridgehead atoms. The molecule has 0 saturated carbocycles. The van der Waals surface area contributed by atoms with Crippen LogP contribution in [0.2, 0.25) is 5.02 Å². The van der Waals surface area contributed by atoms with E-state index in [4.69, 9.17) is 16.3 Å². The first-order valence-corrected chi connectivity index (χ1v) is 13.4. The number of thiophene rings is 1. The van der Waals surface area contributed by atoms with E-state index in [1.54, 1.807) is 13.1 Å². The van der Waals surface area contributed by atoms with Crippen LogP contribution in [-0.4, -0.2) is 66.5 Å². The lowest BCUT2D eigenvalue weighted by molar-refractivity contribution is -0.119. The third-order valence-corrected chi connectivity index (χ3v) is 7.43. The maximum Gasteiger partial charge on any atom is 0.263 e. The molecular formula is C25H28ClN7O3S. The minimum atomic E-state index is -0.197. The van der Waals surface area contributed by atoms with Crippen LogP contribution in [0.5, 0.6) is 5.75 Å². The molecule has 37 heavy (non-hydrogen) atoms. The van der Waals surface area contributed by atoms with Gasteiger partial charge in [-0.05, 0) is 62.0 Å². The quantitative estimate of drug-likeness (QED) is 0.407. The molecule has 4 heterocycles. The summed E-state index contributed by atoms with van der Waals surface area (Å²) in [6, 6.07) is 7.40. The van der Waals surface area contributed by atoms with Crippen molar-refractivity contribution in [2.45, 2.75) is 19.3 Å². The summed E-state index contributed by atoms with van der Waals surface area (Å²) in [5, 5.41) is 11.1. The first-order valence-electron chi connectivity index (χ1n) is 12.2. The number of hydrogen-bond donors (Lipinski definition) is 3. The summed E-state index contributed by atoms with van der Waals surface area (Å²) in [5.74, 6) is 1.23. The van der Waals surface area contributed by atoms with Gasteiger partial charge in [-0.1, -0.05) is 11.6 Å². The van der Waals surface area contributed by atoms with Gasteiger partial charge in [-0.25, -0.2) is 4.98 Å². The molecule has 2 aliphatic heterocycles. The first kappa shape index (κ1) is 25.2. The Bertz CT molecular complexity index is 1300. The Kier molecular flexibility index (Phi) is 7.73. The maximum absolute atomic E-state index is 13.2. The van der Waals surface area contributed by atoms with Crippen LogP contribution in [0.15, 0.2) is 35.8 Å². The normalized spacial score (nSPS) is 15.5. The average Bonchev–Trinajstić information content (AvgIpc) is 3.54. The van der Waals surface area contributed by atoms with Crippen molar-refractivity contribution in [3.8, 4) is 5.75 Å². The van der Waals surface area contributed by atoms with Gasteiger partial charge in [0, 0.05) is 19.3 Å². The monoisotopic (exact) mass is 541 g/mol. The third-order valence-electron chi connectivity index (χ3n) is 6.24. The highest BCUT2D eigenvalue weighted by Gasteiger charge is 2.25. The molecule has 194 valence electrons. The number of aromatic nitrogens is 2. The number of carbonyl (C=O) groups is 2. The van der Waals surface area contributed by atoms with Gasteiger partial charge in [0.2, 0.25) is 11.9 Å². The van der Waals surface area contributed by atoms with Gasteiger partial charge in [0.25, 0.3) is 5.91 Å². The smallest absolute Gasteiger partial charge is 0.263 e. The van der Waals surface area contributed by atoms with Crippen LogP contribution < -0.4 is 25.6 Å². The van der Waals surface area contributed by atoms with E-state index < -0.39 is 0 Å². The van der Waals surface area contributed by atoms with Gasteiger partial charge < -0.3 is 25.6 Å². The summed E-state index contributed by atoms with van der Waals surface area (Å²) < 4.78 is 5.91. The van der Waals surface area contributed by atoms with Crippen molar-refractivity contribution in [1.82, 2.24) is 20.2 Å². The number of nitrogens with one attached hydrogen (secondary N) is 3. The molecule has 10 nitrogen and oxygen atoms in total. The molecule has 0 unspecified atom stereocenters. The predicted octanol–water partition coefficient (Wildman–Crippen LogP) is 4.25. The molecule has 12 heteroatoms. The van der Waals surface area contributed by atoms with Crippen molar-refractivity contribution >= 4 is 63.6 Å². The van der Waals surface area contributed by atoms with E-state index >= 15 is 0 Å². The molecule has 0 spiro atoms. The lowest BCUT2D eigenvalue weighted by Crippen LogP contribution is -2.39. The second-order valence-corrected chi connectivity index (χ2v) is 10.1. The Morgan fingerprint density at radius 2 is 1.97 bits per heavy atom. The molecule has 2 aliphatic rings. The highest BCUT2D eigenvalue weighted by Crippen LogP contribution is 2.35. The van der Waals surface area contributed by atoms with Crippen LogP contribution in [0.25, 0.3) is 0 Å². The van der Waals surface area contributed by atoms with E-state index in [1.807, 2.05) is 28.5 Å². The van der Waals surface area contributed by atoms with Crippen molar-refractivity contribution in [2.75, 3.05) is 55.4 Å². The van der Waals surface area contributed by atoms with Gasteiger partial charge in [-0.15, -0.1) is 11.3 Å². The predicted molar refractivity (Wildman–Crippen MR) is 146 cm³/mol. The summed E-state index contributed by atoms with van der Waals surface area (Å²) >= 11 is 7.66. The van der Waals surface area contributed by atoms with Gasteiger partial charge in [0.15, 0.2) is 5.82 Å². The zero-order valence-corrected chi connectivity index (χ0v) is 22.0. The Morgan fingerprint density at radius 1 is 1.14 bits per heavy atom. The number of nitrogens with zero attached hydrogens (tertiary/aromatic N) is 4. The van der Waals surface area contributed by atoms with Crippen LogP contribution >= 0.6 is 22.9 Å². The van der Waals surface area contributed by atoms with Gasteiger partial charge in [-0.3, -0.25) is 14.5 Å². The SMILES string of the molecule is CNC(=O)c1sccc1Nc1nc(Nc2ccc3c(c2)N(C(=O)CN2CCCC2)CCCO3)ncc1Cl. The molecule has 3 N–H and O–H groups in total. The second-order valence-electron chi connectivity index (χ2n) is 8.80. The molecule has 0 aliphatic carbocycles. The van der Waals surface area contributed by atoms with E-state index in [1.165, 1.54) is 17.5 Å². The number of ether oxygens (including phenoxy) is 1. The number of fused-ring (bicyclic) bond motifs is 1. The van der Waals surface area contributed by atoms with E-state index in [9.17, 15) is 9.59 Å². The standard InChI is InChI=1S/C25H28ClN7O3S/c1-27-24(35)22-18(7-12-37-22)30-23-17(26)14-28-25(31-23)29-16-5-6-20-19(13-16)33(10-4-11-36-20)21(34)15-32-8-2-3-9-32/h5-7,12-14H,2-4,8-11,15H2,1H3,(H,27,35)(H2,28,29,30,31). The van der Waals surface area contributed by atoms with Crippen LogP contribution in [0, 0.1) is 0 Å². The zero-order chi connectivity index (χ0) is 25.8. The number of carbonyl (C=O) groups excluding carboxylic acids is 2. The van der Waals surface area contributed by atoms with Gasteiger partial charge in [0.05, 0.1) is 30.7 Å². The van der Waals surface area contributed by atoms with E-state index in [2.05, 4.69) is 30.8 Å². The van der Waals surface area contributed by atoms with Crippen LogP contribution in [0.1, 0.15) is 28.9 Å². The molecule has 0 radical (unpaired) electrons. The topological polar surface area (TPSA) is 112 Å². The summed E-state index contributed by atoms with van der Waals surface area (Å²) in [6.45, 7) is 3.49. The second kappa shape index (κ2) is 11.3.